The minimum absolute atomic E-state index is 0.636. The molecule has 0 saturated carbocycles. The van der Waals surface area contributed by atoms with Gasteiger partial charge in [0.25, 0.3) is 0 Å². The average molecular weight is 285 g/mol. The highest BCUT2D eigenvalue weighted by atomic mass is 16.5. The molecule has 1 aliphatic rings. The molecular formula is C16H19N3O2. The lowest BCUT2D eigenvalue weighted by molar-refractivity contribution is 0.408. The number of nitrogens with one attached hydrogen (secondary N) is 1. The van der Waals surface area contributed by atoms with Gasteiger partial charge in [0.05, 0.1) is 19.5 Å². The van der Waals surface area contributed by atoms with Gasteiger partial charge in [-0.2, -0.15) is 0 Å². The van der Waals surface area contributed by atoms with E-state index >= 15 is 0 Å². The Morgan fingerprint density at radius 3 is 2.71 bits per heavy atom. The van der Waals surface area contributed by atoms with E-state index in [9.17, 15) is 0 Å². The Bertz CT molecular complexity index is 580. The summed E-state index contributed by atoms with van der Waals surface area (Å²) in [6.07, 6.45) is 5.58. The summed E-state index contributed by atoms with van der Waals surface area (Å²) in [6.45, 7) is 2.16. The quantitative estimate of drug-likeness (QED) is 0.914. The van der Waals surface area contributed by atoms with E-state index in [2.05, 4.69) is 15.3 Å². The zero-order chi connectivity index (χ0) is 14.5. The maximum absolute atomic E-state index is 5.73. The lowest BCUT2D eigenvalue weighted by atomic mass is 10.1. The van der Waals surface area contributed by atoms with Crippen molar-refractivity contribution in [2.24, 2.45) is 5.92 Å². The Morgan fingerprint density at radius 2 is 2.00 bits per heavy atom. The molecule has 0 spiro atoms. The zero-order valence-electron chi connectivity index (χ0n) is 12.1. The van der Waals surface area contributed by atoms with Crippen molar-refractivity contribution in [3.63, 3.8) is 0 Å². The number of aromatic nitrogens is 2. The summed E-state index contributed by atoms with van der Waals surface area (Å²) in [5.74, 6) is 3.64. The molecule has 5 nitrogen and oxygen atoms in total. The first-order valence-corrected chi connectivity index (χ1v) is 7.17. The lowest BCUT2D eigenvalue weighted by Crippen LogP contribution is -2.12. The third-order valence-electron chi connectivity index (χ3n) is 3.59. The van der Waals surface area contributed by atoms with Crippen LogP contribution in [0.5, 0.6) is 17.2 Å². The van der Waals surface area contributed by atoms with Crippen molar-refractivity contribution in [2.45, 2.75) is 12.8 Å². The number of hydrogen-bond donors (Lipinski definition) is 1. The van der Waals surface area contributed by atoms with Gasteiger partial charge in [0.1, 0.15) is 17.3 Å². The molecule has 0 bridgehead atoms. The predicted octanol–water partition coefficient (Wildman–Crippen LogP) is 2.43. The van der Waals surface area contributed by atoms with Gasteiger partial charge in [-0.3, -0.25) is 0 Å². The molecule has 1 atom stereocenters. The Hall–Kier alpha value is -2.14. The second-order valence-corrected chi connectivity index (χ2v) is 5.18. The third-order valence-corrected chi connectivity index (χ3v) is 3.59. The van der Waals surface area contributed by atoms with E-state index < -0.39 is 0 Å². The summed E-state index contributed by atoms with van der Waals surface area (Å²) in [5.41, 5.74) is 0. The van der Waals surface area contributed by atoms with E-state index in [4.69, 9.17) is 9.47 Å². The molecule has 1 aromatic carbocycles. The van der Waals surface area contributed by atoms with E-state index in [1.165, 1.54) is 6.42 Å². The monoisotopic (exact) mass is 285 g/mol. The summed E-state index contributed by atoms with van der Waals surface area (Å²) in [6, 6.07) is 7.47. The predicted molar refractivity (Wildman–Crippen MR) is 79.8 cm³/mol. The molecule has 5 heteroatoms. The number of nitrogens with zero attached hydrogens (tertiary/aromatic N) is 2. The summed E-state index contributed by atoms with van der Waals surface area (Å²) < 4.78 is 10.9. The van der Waals surface area contributed by atoms with Crippen molar-refractivity contribution in [1.82, 2.24) is 15.3 Å². The van der Waals surface area contributed by atoms with E-state index in [1.807, 2.05) is 24.3 Å². The highest BCUT2D eigenvalue weighted by Gasteiger charge is 2.16. The maximum atomic E-state index is 5.73. The van der Waals surface area contributed by atoms with Gasteiger partial charge in [-0.15, -0.1) is 0 Å². The standard InChI is InChI=1S/C16H19N3O2/c1-20-13-3-2-4-14(8-13)21-15-10-18-16(19-11-15)7-12-5-6-17-9-12/h2-4,8,10-12,17H,5-7,9H2,1H3. The minimum Gasteiger partial charge on any atom is -0.497 e. The summed E-state index contributed by atoms with van der Waals surface area (Å²) in [7, 11) is 1.63. The normalized spacial score (nSPS) is 17.7. The van der Waals surface area contributed by atoms with Crippen molar-refractivity contribution in [2.75, 3.05) is 20.2 Å². The Balaban J connectivity index is 1.63. The third kappa shape index (κ3) is 3.70. The topological polar surface area (TPSA) is 56.3 Å². The molecule has 0 amide bonds. The van der Waals surface area contributed by atoms with Crippen molar-refractivity contribution in [3.8, 4) is 17.2 Å². The molecule has 1 aliphatic heterocycles. The average Bonchev–Trinajstić information content (AvgIpc) is 3.02. The van der Waals surface area contributed by atoms with Crippen LogP contribution >= 0.6 is 0 Å². The van der Waals surface area contributed by atoms with Crippen molar-refractivity contribution < 1.29 is 9.47 Å². The molecule has 21 heavy (non-hydrogen) atoms. The van der Waals surface area contributed by atoms with Gasteiger partial charge in [0.2, 0.25) is 0 Å². The second-order valence-electron chi connectivity index (χ2n) is 5.18. The van der Waals surface area contributed by atoms with E-state index in [0.29, 0.717) is 17.4 Å². The molecule has 0 radical (unpaired) electrons. The number of hydrogen-bond acceptors (Lipinski definition) is 5. The fourth-order valence-corrected chi connectivity index (χ4v) is 2.45. The number of rotatable bonds is 5. The van der Waals surface area contributed by atoms with Crippen molar-refractivity contribution in [1.29, 1.82) is 0 Å². The number of benzene rings is 1. The molecule has 1 aromatic heterocycles. The fourth-order valence-electron chi connectivity index (χ4n) is 2.45. The van der Waals surface area contributed by atoms with Gasteiger partial charge in [-0.25, -0.2) is 9.97 Å². The van der Waals surface area contributed by atoms with E-state index in [1.54, 1.807) is 19.5 Å². The molecule has 3 rings (SSSR count). The van der Waals surface area contributed by atoms with Crippen LogP contribution in [0.25, 0.3) is 0 Å². The second kappa shape index (κ2) is 6.54. The van der Waals surface area contributed by atoms with Crippen LogP contribution < -0.4 is 14.8 Å². The lowest BCUT2D eigenvalue weighted by Gasteiger charge is -2.09. The molecule has 2 heterocycles. The largest absolute Gasteiger partial charge is 0.497 e. The zero-order valence-corrected chi connectivity index (χ0v) is 12.1. The van der Waals surface area contributed by atoms with Gasteiger partial charge < -0.3 is 14.8 Å². The van der Waals surface area contributed by atoms with Crippen LogP contribution in [0, 0.1) is 5.92 Å². The molecular weight excluding hydrogens is 266 g/mol. The Morgan fingerprint density at radius 1 is 1.19 bits per heavy atom. The molecule has 1 unspecified atom stereocenters. The summed E-state index contributed by atoms with van der Waals surface area (Å²) >= 11 is 0. The highest BCUT2D eigenvalue weighted by Crippen LogP contribution is 2.24. The van der Waals surface area contributed by atoms with E-state index in [0.717, 1.165) is 31.1 Å². The molecule has 110 valence electrons. The van der Waals surface area contributed by atoms with Crippen molar-refractivity contribution >= 4 is 0 Å². The molecule has 1 saturated heterocycles. The summed E-state index contributed by atoms with van der Waals surface area (Å²) in [5, 5.41) is 3.36. The molecule has 1 N–H and O–H groups in total. The molecule has 2 aromatic rings. The van der Waals surface area contributed by atoms with Gasteiger partial charge in [0, 0.05) is 12.5 Å². The van der Waals surface area contributed by atoms with Crippen LogP contribution in [-0.4, -0.2) is 30.2 Å². The fraction of sp³-hybridized carbons (Fsp3) is 0.375. The number of methoxy groups -OCH3 is 1. The highest BCUT2D eigenvalue weighted by molar-refractivity contribution is 5.35. The number of ether oxygens (including phenoxy) is 2. The van der Waals surface area contributed by atoms with Crippen LogP contribution in [0.4, 0.5) is 0 Å². The first-order valence-electron chi connectivity index (χ1n) is 7.17. The van der Waals surface area contributed by atoms with E-state index in [-0.39, 0.29) is 0 Å². The smallest absolute Gasteiger partial charge is 0.164 e. The maximum Gasteiger partial charge on any atom is 0.164 e. The van der Waals surface area contributed by atoms with Crippen LogP contribution in [0.3, 0.4) is 0 Å². The van der Waals surface area contributed by atoms with Gasteiger partial charge in [0.15, 0.2) is 5.75 Å². The van der Waals surface area contributed by atoms with Crippen LogP contribution in [0.1, 0.15) is 12.2 Å². The van der Waals surface area contributed by atoms with Crippen LogP contribution in [-0.2, 0) is 6.42 Å². The Labute approximate surface area is 124 Å². The minimum atomic E-state index is 0.636. The summed E-state index contributed by atoms with van der Waals surface area (Å²) in [4.78, 5) is 8.77. The first-order chi connectivity index (χ1) is 10.3. The SMILES string of the molecule is COc1cccc(Oc2cnc(CC3CCNC3)nc2)c1. The van der Waals surface area contributed by atoms with Crippen LogP contribution in [0.15, 0.2) is 36.7 Å². The Kier molecular flexibility index (Phi) is 4.31. The first kappa shape index (κ1) is 13.8. The molecule has 0 aliphatic carbocycles. The van der Waals surface area contributed by atoms with Gasteiger partial charge in [-0.05, 0) is 37.6 Å². The van der Waals surface area contributed by atoms with Crippen molar-refractivity contribution in [3.05, 3.63) is 42.5 Å². The van der Waals surface area contributed by atoms with Crippen LogP contribution in [0.2, 0.25) is 0 Å². The molecule has 1 fully saturated rings. The van der Waals surface area contributed by atoms with Gasteiger partial charge in [-0.1, -0.05) is 6.07 Å². The van der Waals surface area contributed by atoms with Gasteiger partial charge >= 0.3 is 0 Å².